The van der Waals surface area contributed by atoms with Crippen LogP contribution in [0.3, 0.4) is 0 Å². The lowest BCUT2D eigenvalue weighted by molar-refractivity contribution is -0.131. The van der Waals surface area contributed by atoms with Crippen LogP contribution in [-0.2, 0) is 15.7 Å². The summed E-state index contributed by atoms with van der Waals surface area (Å²) in [6.07, 6.45) is 1.13. The highest BCUT2D eigenvalue weighted by Crippen LogP contribution is 2.34. The van der Waals surface area contributed by atoms with Crippen molar-refractivity contribution in [3.8, 4) is 0 Å². The molecule has 0 aliphatic carbocycles. The van der Waals surface area contributed by atoms with Crippen molar-refractivity contribution in [2.24, 2.45) is 5.73 Å². The molecule has 0 aromatic heterocycles. The Bertz CT molecular complexity index is 589. The van der Waals surface area contributed by atoms with E-state index in [1.165, 1.54) is 10.5 Å². The van der Waals surface area contributed by atoms with E-state index >= 15 is 0 Å². The van der Waals surface area contributed by atoms with Crippen LogP contribution in [0.5, 0.6) is 0 Å². The highest BCUT2D eigenvalue weighted by atomic mass is 16.2. The Morgan fingerprint density at radius 2 is 1.78 bits per heavy atom. The van der Waals surface area contributed by atoms with Gasteiger partial charge in [0.1, 0.15) is 5.54 Å². The quantitative estimate of drug-likeness (QED) is 0.819. The van der Waals surface area contributed by atoms with Gasteiger partial charge in [-0.05, 0) is 35.9 Å². The number of nitrogens with two attached hydrogens (primary N) is 1. The van der Waals surface area contributed by atoms with Gasteiger partial charge in [-0.2, -0.15) is 0 Å². The van der Waals surface area contributed by atoms with E-state index in [-0.39, 0.29) is 17.4 Å². The van der Waals surface area contributed by atoms with E-state index in [9.17, 15) is 9.59 Å². The van der Waals surface area contributed by atoms with Gasteiger partial charge in [-0.1, -0.05) is 52.0 Å². The number of benzene rings is 1. The fraction of sp³-hybridized carbons (Fsp3) is 0.556. The molecule has 1 aromatic carbocycles. The third-order valence-corrected chi connectivity index (χ3v) is 4.54. The third kappa shape index (κ3) is 3.11. The van der Waals surface area contributed by atoms with Crippen molar-refractivity contribution in [2.45, 2.75) is 51.5 Å². The van der Waals surface area contributed by atoms with E-state index in [1.807, 2.05) is 31.2 Å². The highest BCUT2D eigenvalue weighted by Gasteiger charge is 2.50. The van der Waals surface area contributed by atoms with Gasteiger partial charge in [0.05, 0.1) is 0 Å². The van der Waals surface area contributed by atoms with Gasteiger partial charge < -0.3 is 11.1 Å². The van der Waals surface area contributed by atoms with Gasteiger partial charge in [0.15, 0.2) is 0 Å². The van der Waals surface area contributed by atoms with Crippen LogP contribution in [0.2, 0.25) is 0 Å². The second kappa shape index (κ2) is 6.32. The summed E-state index contributed by atoms with van der Waals surface area (Å²) < 4.78 is 0. The molecular weight excluding hydrogens is 290 g/mol. The Hall–Kier alpha value is -1.88. The smallest absolute Gasteiger partial charge is 0.325 e. The predicted molar refractivity (Wildman–Crippen MR) is 91.0 cm³/mol. The maximum absolute atomic E-state index is 12.9. The van der Waals surface area contributed by atoms with Crippen molar-refractivity contribution in [1.29, 1.82) is 0 Å². The number of amides is 3. The lowest BCUT2D eigenvalue weighted by atomic mass is 9.82. The maximum Gasteiger partial charge on any atom is 0.325 e. The molecular formula is C18H27N3O2. The lowest BCUT2D eigenvalue weighted by Gasteiger charge is -2.27. The molecule has 0 radical (unpaired) electrons. The molecule has 1 fully saturated rings. The Balaban J connectivity index is 2.35. The predicted octanol–water partition coefficient (Wildman–Crippen LogP) is 2.49. The molecule has 126 valence electrons. The monoisotopic (exact) mass is 317 g/mol. The summed E-state index contributed by atoms with van der Waals surface area (Å²) in [6, 6.07) is 7.65. The molecule has 23 heavy (non-hydrogen) atoms. The van der Waals surface area contributed by atoms with Crippen molar-refractivity contribution in [3.05, 3.63) is 35.4 Å². The van der Waals surface area contributed by atoms with Crippen molar-refractivity contribution in [3.63, 3.8) is 0 Å². The molecule has 2 rings (SSSR count). The molecule has 0 bridgehead atoms. The van der Waals surface area contributed by atoms with Gasteiger partial charge in [0.25, 0.3) is 5.91 Å². The summed E-state index contributed by atoms with van der Waals surface area (Å²) in [5, 5.41) is 2.90. The van der Waals surface area contributed by atoms with Crippen LogP contribution in [0.25, 0.3) is 0 Å². The summed E-state index contributed by atoms with van der Waals surface area (Å²) in [5.74, 6) is -0.179. The van der Waals surface area contributed by atoms with Crippen LogP contribution in [0.4, 0.5) is 4.79 Å². The number of nitrogens with zero attached hydrogens (tertiary/aromatic N) is 1. The zero-order valence-corrected chi connectivity index (χ0v) is 14.5. The van der Waals surface area contributed by atoms with Gasteiger partial charge >= 0.3 is 6.03 Å². The highest BCUT2D eigenvalue weighted by molar-refractivity contribution is 6.07. The summed E-state index contributed by atoms with van der Waals surface area (Å²) in [4.78, 5) is 26.4. The van der Waals surface area contributed by atoms with Gasteiger partial charge in [0, 0.05) is 6.54 Å². The van der Waals surface area contributed by atoms with Gasteiger partial charge in [-0.25, -0.2) is 4.79 Å². The van der Waals surface area contributed by atoms with Crippen molar-refractivity contribution in [2.75, 3.05) is 13.1 Å². The number of rotatable bonds is 5. The van der Waals surface area contributed by atoms with Crippen LogP contribution in [0.1, 0.15) is 51.7 Å². The first kappa shape index (κ1) is 17.5. The lowest BCUT2D eigenvalue weighted by Crippen LogP contribution is -2.43. The minimum atomic E-state index is -0.956. The Morgan fingerprint density at radius 3 is 2.26 bits per heavy atom. The SMILES string of the molecule is CCC1(c2ccc(C(C)(C)C)cc2)NC(=O)N(CCCN)C1=O. The molecule has 5 heteroatoms. The fourth-order valence-electron chi connectivity index (χ4n) is 2.97. The number of hydrogen-bond donors (Lipinski definition) is 2. The van der Waals surface area contributed by atoms with E-state index in [2.05, 4.69) is 26.1 Å². The second-order valence-corrected chi connectivity index (χ2v) is 7.12. The standard InChI is InChI=1S/C18H27N3O2/c1-5-18(14-9-7-13(8-10-14)17(2,3)4)15(22)21(12-6-11-19)16(23)20-18/h7-10H,5-6,11-12,19H2,1-4H3,(H,20,23). The van der Waals surface area contributed by atoms with Crippen LogP contribution in [-0.4, -0.2) is 29.9 Å². The molecule has 1 unspecified atom stereocenters. The molecule has 1 saturated heterocycles. The van der Waals surface area contributed by atoms with Gasteiger partial charge in [0.2, 0.25) is 0 Å². The molecule has 1 atom stereocenters. The molecule has 0 spiro atoms. The largest absolute Gasteiger partial charge is 0.330 e. The van der Waals surface area contributed by atoms with Crippen molar-refractivity contribution in [1.82, 2.24) is 10.2 Å². The molecule has 3 amide bonds. The third-order valence-electron chi connectivity index (χ3n) is 4.54. The number of urea groups is 1. The molecule has 3 N–H and O–H groups in total. The van der Waals surface area contributed by atoms with Crippen molar-refractivity contribution >= 4 is 11.9 Å². The van der Waals surface area contributed by atoms with E-state index in [1.54, 1.807) is 0 Å². The molecule has 1 heterocycles. The Morgan fingerprint density at radius 1 is 1.17 bits per heavy atom. The first-order valence-electron chi connectivity index (χ1n) is 8.21. The Kier molecular flexibility index (Phi) is 4.80. The van der Waals surface area contributed by atoms with E-state index < -0.39 is 5.54 Å². The first-order chi connectivity index (χ1) is 10.8. The molecule has 1 aromatic rings. The molecule has 1 aliphatic heterocycles. The number of nitrogens with one attached hydrogen (secondary N) is 1. The first-order valence-corrected chi connectivity index (χ1v) is 8.21. The topological polar surface area (TPSA) is 75.4 Å². The van der Waals surface area contributed by atoms with E-state index in [4.69, 9.17) is 5.73 Å². The average Bonchev–Trinajstić information content (AvgIpc) is 2.76. The van der Waals surface area contributed by atoms with Crippen LogP contribution in [0.15, 0.2) is 24.3 Å². The fourth-order valence-corrected chi connectivity index (χ4v) is 2.97. The number of hydrogen-bond acceptors (Lipinski definition) is 3. The Labute approximate surface area is 138 Å². The van der Waals surface area contributed by atoms with Crippen molar-refractivity contribution < 1.29 is 9.59 Å². The van der Waals surface area contributed by atoms with Crippen LogP contribution in [0, 0.1) is 0 Å². The summed E-state index contributed by atoms with van der Waals surface area (Å²) in [6.45, 7) is 9.18. The average molecular weight is 317 g/mol. The molecule has 1 aliphatic rings. The minimum absolute atomic E-state index is 0.0496. The maximum atomic E-state index is 12.9. The van der Waals surface area contributed by atoms with Crippen LogP contribution < -0.4 is 11.1 Å². The normalized spacial score (nSPS) is 21.7. The summed E-state index contributed by atoms with van der Waals surface area (Å²) >= 11 is 0. The van der Waals surface area contributed by atoms with Gasteiger partial charge in [-0.15, -0.1) is 0 Å². The number of carbonyl (C=O) groups excluding carboxylic acids is 2. The van der Waals surface area contributed by atoms with E-state index in [0.29, 0.717) is 25.9 Å². The van der Waals surface area contributed by atoms with E-state index in [0.717, 1.165) is 5.56 Å². The zero-order chi connectivity index (χ0) is 17.3. The molecule has 5 nitrogen and oxygen atoms in total. The second-order valence-electron chi connectivity index (χ2n) is 7.12. The summed E-state index contributed by atoms with van der Waals surface area (Å²) in [7, 11) is 0. The minimum Gasteiger partial charge on any atom is -0.330 e. The molecule has 0 saturated carbocycles. The van der Waals surface area contributed by atoms with Gasteiger partial charge in [-0.3, -0.25) is 9.69 Å². The van der Waals surface area contributed by atoms with Crippen LogP contribution >= 0.6 is 0 Å². The summed E-state index contributed by atoms with van der Waals surface area (Å²) in [5.41, 5.74) is 6.62. The zero-order valence-electron chi connectivity index (χ0n) is 14.5. The number of imide groups is 1. The number of carbonyl (C=O) groups is 2.